The van der Waals surface area contributed by atoms with Crippen LogP contribution in [0.4, 0.5) is 0 Å². The average molecular weight is 425 g/mol. The Bertz CT molecular complexity index is 600. The lowest BCUT2D eigenvalue weighted by atomic mass is 9.68. The lowest BCUT2D eigenvalue weighted by Gasteiger charge is -2.37. The van der Waals surface area contributed by atoms with Crippen LogP contribution >= 0.6 is 0 Å². The quantitative estimate of drug-likeness (QED) is 0.240. The van der Waals surface area contributed by atoms with E-state index in [0.717, 1.165) is 36.9 Å². The van der Waals surface area contributed by atoms with Crippen LogP contribution in [0.15, 0.2) is 36.4 Å². The molecule has 0 saturated heterocycles. The summed E-state index contributed by atoms with van der Waals surface area (Å²) in [6.45, 7) is 6.06. The Kier molecular flexibility index (Phi) is 11.2. The molecule has 31 heavy (non-hydrogen) atoms. The first-order valence-corrected chi connectivity index (χ1v) is 13.5. The van der Waals surface area contributed by atoms with Crippen molar-refractivity contribution in [1.82, 2.24) is 0 Å². The monoisotopic (exact) mass is 424 g/mol. The minimum Gasteiger partial charge on any atom is -0.377 e. The number of benzene rings is 1. The van der Waals surface area contributed by atoms with E-state index >= 15 is 0 Å². The standard InChI is InChI=1S/C30H48O/c1-3-5-7-23-31-24-28-13-11-26(12-14-28)9-10-27-17-21-30(22-18-27)29-19-15-25(16-20-29)8-6-4-2/h4,6,11-14,25,27,29-30H,3,5,7-10,15-24H2,1-2H3/t25-,27-,29-,30-. The summed E-state index contributed by atoms with van der Waals surface area (Å²) in [4.78, 5) is 0. The van der Waals surface area contributed by atoms with Crippen molar-refractivity contribution in [3.05, 3.63) is 47.5 Å². The lowest BCUT2D eigenvalue weighted by Crippen LogP contribution is -2.26. The molecule has 1 aromatic carbocycles. The lowest BCUT2D eigenvalue weighted by molar-refractivity contribution is 0.117. The second-order valence-electron chi connectivity index (χ2n) is 10.5. The third-order valence-electron chi connectivity index (χ3n) is 8.18. The topological polar surface area (TPSA) is 9.23 Å². The van der Waals surface area contributed by atoms with E-state index in [2.05, 4.69) is 50.3 Å². The van der Waals surface area contributed by atoms with E-state index in [1.165, 1.54) is 101 Å². The van der Waals surface area contributed by atoms with Crippen LogP contribution in [-0.4, -0.2) is 6.61 Å². The molecule has 1 aromatic rings. The van der Waals surface area contributed by atoms with Crippen molar-refractivity contribution in [2.24, 2.45) is 23.7 Å². The van der Waals surface area contributed by atoms with E-state index in [1.54, 1.807) is 0 Å². The van der Waals surface area contributed by atoms with Gasteiger partial charge in [0.1, 0.15) is 0 Å². The molecule has 174 valence electrons. The van der Waals surface area contributed by atoms with Crippen LogP contribution in [0.1, 0.15) is 108 Å². The predicted octanol–water partition coefficient (Wildman–Crippen LogP) is 8.91. The largest absolute Gasteiger partial charge is 0.377 e. The molecule has 1 nitrogen and oxygen atoms in total. The Hall–Kier alpha value is -1.08. The molecule has 2 aliphatic carbocycles. The molecule has 0 unspecified atom stereocenters. The van der Waals surface area contributed by atoms with Crippen LogP contribution in [0, 0.1) is 23.7 Å². The summed E-state index contributed by atoms with van der Waals surface area (Å²) in [6, 6.07) is 9.22. The van der Waals surface area contributed by atoms with Crippen LogP contribution in [-0.2, 0) is 17.8 Å². The van der Waals surface area contributed by atoms with Gasteiger partial charge in [-0.2, -0.15) is 0 Å². The summed E-state index contributed by atoms with van der Waals surface area (Å²) in [6.07, 6.45) is 24.2. The van der Waals surface area contributed by atoms with Gasteiger partial charge in [0.25, 0.3) is 0 Å². The molecule has 1 heteroatoms. The predicted molar refractivity (Wildman–Crippen MR) is 134 cm³/mol. The minimum absolute atomic E-state index is 0.769. The molecule has 0 aliphatic heterocycles. The van der Waals surface area contributed by atoms with Gasteiger partial charge in [-0.15, -0.1) is 0 Å². The summed E-state index contributed by atoms with van der Waals surface area (Å²) in [5, 5.41) is 0. The van der Waals surface area contributed by atoms with Crippen molar-refractivity contribution in [2.45, 2.75) is 110 Å². The highest BCUT2D eigenvalue weighted by Gasteiger charge is 2.30. The number of ether oxygens (including phenoxy) is 1. The van der Waals surface area contributed by atoms with Gasteiger partial charge in [-0.25, -0.2) is 0 Å². The van der Waals surface area contributed by atoms with Crippen molar-refractivity contribution < 1.29 is 4.74 Å². The van der Waals surface area contributed by atoms with Crippen molar-refractivity contribution in [2.75, 3.05) is 6.61 Å². The van der Waals surface area contributed by atoms with Crippen LogP contribution in [0.25, 0.3) is 0 Å². The molecule has 0 radical (unpaired) electrons. The van der Waals surface area contributed by atoms with E-state index in [4.69, 9.17) is 4.74 Å². The third kappa shape index (κ3) is 8.76. The summed E-state index contributed by atoms with van der Waals surface area (Å²) >= 11 is 0. The molecule has 3 rings (SSSR count). The molecule has 0 N–H and O–H groups in total. The highest BCUT2D eigenvalue weighted by Crippen LogP contribution is 2.42. The Morgan fingerprint density at radius 3 is 2.03 bits per heavy atom. The van der Waals surface area contributed by atoms with Gasteiger partial charge in [0.2, 0.25) is 0 Å². The fourth-order valence-corrected chi connectivity index (χ4v) is 5.99. The molecule has 0 spiro atoms. The first-order chi connectivity index (χ1) is 15.3. The third-order valence-corrected chi connectivity index (χ3v) is 8.18. The molecular weight excluding hydrogens is 376 g/mol. The average Bonchev–Trinajstić information content (AvgIpc) is 2.83. The van der Waals surface area contributed by atoms with E-state index in [-0.39, 0.29) is 0 Å². The van der Waals surface area contributed by atoms with Crippen molar-refractivity contribution in [3.8, 4) is 0 Å². The minimum atomic E-state index is 0.769. The van der Waals surface area contributed by atoms with Gasteiger partial charge >= 0.3 is 0 Å². The Labute approximate surface area is 193 Å². The summed E-state index contributed by atoms with van der Waals surface area (Å²) in [7, 11) is 0. The number of aryl methyl sites for hydroxylation is 1. The van der Waals surface area contributed by atoms with Crippen LogP contribution in [0.3, 0.4) is 0 Å². The van der Waals surface area contributed by atoms with Crippen molar-refractivity contribution >= 4 is 0 Å². The maximum absolute atomic E-state index is 5.80. The van der Waals surface area contributed by atoms with Gasteiger partial charge in [0.05, 0.1) is 6.61 Å². The van der Waals surface area contributed by atoms with Gasteiger partial charge in [0.15, 0.2) is 0 Å². The van der Waals surface area contributed by atoms with Crippen molar-refractivity contribution in [3.63, 3.8) is 0 Å². The number of allylic oxidation sites excluding steroid dienone is 2. The summed E-state index contributed by atoms with van der Waals surface area (Å²) in [5.74, 6) is 4.02. The zero-order valence-corrected chi connectivity index (χ0v) is 20.5. The molecule has 0 amide bonds. The van der Waals surface area contributed by atoms with E-state index in [1.807, 2.05) is 0 Å². The van der Waals surface area contributed by atoms with Gasteiger partial charge in [-0.05, 0) is 106 Å². The van der Waals surface area contributed by atoms with Gasteiger partial charge in [-0.1, -0.05) is 69.0 Å². The fourth-order valence-electron chi connectivity index (χ4n) is 5.99. The van der Waals surface area contributed by atoms with E-state index in [0.29, 0.717) is 0 Å². The van der Waals surface area contributed by atoms with E-state index in [9.17, 15) is 0 Å². The SMILES string of the molecule is CC=CC[C@H]1CC[C@H]([C@H]2CC[C@H](CCc3ccc(COCCCCC)cc3)CC2)CC1. The summed E-state index contributed by atoms with van der Waals surface area (Å²) < 4.78 is 5.80. The first kappa shape index (κ1) is 24.6. The smallest absolute Gasteiger partial charge is 0.0716 e. The molecule has 2 fully saturated rings. The normalized spacial score (nSPS) is 27.0. The Morgan fingerprint density at radius 2 is 1.42 bits per heavy atom. The molecule has 2 saturated carbocycles. The van der Waals surface area contributed by atoms with Crippen LogP contribution in [0.2, 0.25) is 0 Å². The van der Waals surface area contributed by atoms with Crippen LogP contribution in [0.5, 0.6) is 0 Å². The number of hydrogen-bond acceptors (Lipinski definition) is 1. The zero-order chi connectivity index (χ0) is 21.7. The number of hydrogen-bond donors (Lipinski definition) is 0. The Morgan fingerprint density at radius 1 is 0.806 bits per heavy atom. The number of unbranched alkanes of at least 4 members (excludes halogenated alkanes) is 2. The molecule has 0 bridgehead atoms. The zero-order valence-electron chi connectivity index (χ0n) is 20.5. The maximum Gasteiger partial charge on any atom is 0.0716 e. The highest BCUT2D eigenvalue weighted by molar-refractivity contribution is 5.22. The molecule has 0 atom stereocenters. The molecular formula is C30H48O. The number of rotatable bonds is 12. The van der Waals surface area contributed by atoms with Gasteiger partial charge in [0, 0.05) is 6.61 Å². The van der Waals surface area contributed by atoms with Crippen molar-refractivity contribution in [1.29, 1.82) is 0 Å². The first-order valence-electron chi connectivity index (χ1n) is 13.5. The van der Waals surface area contributed by atoms with Crippen LogP contribution < -0.4 is 0 Å². The molecule has 2 aliphatic rings. The maximum atomic E-state index is 5.80. The molecule has 0 aromatic heterocycles. The van der Waals surface area contributed by atoms with Gasteiger partial charge in [-0.3, -0.25) is 0 Å². The van der Waals surface area contributed by atoms with E-state index < -0.39 is 0 Å². The Balaban J connectivity index is 1.29. The fraction of sp³-hybridized carbons (Fsp3) is 0.733. The van der Waals surface area contributed by atoms with Gasteiger partial charge < -0.3 is 4.74 Å². The molecule has 0 heterocycles. The second kappa shape index (κ2) is 14.1. The second-order valence-corrected chi connectivity index (χ2v) is 10.5. The highest BCUT2D eigenvalue weighted by atomic mass is 16.5. The summed E-state index contributed by atoms with van der Waals surface area (Å²) in [5.41, 5.74) is 2.83.